The van der Waals surface area contributed by atoms with Crippen LogP contribution in [-0.4, -0.2) is 7.11 Å². The van der Waals surface area contributed by atoms with E-state index in [2.05, 4.69) is 13.2 Å². The van der Waals surface area contributed by atoms with Gasteiger partial charge in [0.15, 0.2) is 0 Å². The molecular weight excluding hydrogens is 138 g/mol. The van der Waals surface area contributed by atoms with Crippen LogP contribution in [0.5, 0.6) is 0 Å². The summed E-state index contributed by atoms with van der Waals surface area (Å²) in [5.41, 5.74) is 5.71. The Kier molecular flexibility index (Phi) is 10.0. The van der Waals surface area contributed by atoms with Gasteiger partial charge in [0, 0.05) is 11.8 Å². The van der Waals surface area contributed by atoms with Crippen molar-refractivity contribution in [3.63, 3.8) is 0 Å². The van der Waals surface area contributed by atoms with Gasteiger partial charge in [-0.25, -0.2) is 0 Å². The summed E-state index contributed by atoms with van der Waals surface area (Å²) < 4.78 is 4.81. The van der Waals surface area contributed by atoms with E-state index in [0.29, 0.717) is 11.5 Å². The molecule has 0 aliphatic carbocycles. The summed E-state index contributed by atoms with van der Waals surface area (Å²) in [6.07, 6.45) is 3.17. The molecule has 0 aromatic rings. The Morgan fingerprint density at radius 2 is 1.91 bits per heavy atom. The van der Waals surface area contributed by atoms with Crippen LogP contribution >= 0.6 is 0 Å². The molecule has 0 rings (SSSR count). The standard InChI is InChI=1S/C7H11NO.C2H6/c1-4-7(9-3)5-6(2)8;1-2/h4-5H,1-2,8H2,3H3;1-2H3/b7-5+;. The van der Waals surface area contributed by atoms with Crippen molar-refractivity contribution in [1.82, 2.24) is 0 Å². The van der Waals surface area contributed by atoms with E-state index in [1.165, 1.54) is 0 Å². The first kappa shape index (κ1) is 12.5. The molecule has 0 aromatic heterocycles. The molecule has 0 amide bonds. The number of allylic oxidation sites excluding steroid dienone is 2. The molecule has 0 heterocycles. The molecule has 64 valence electrons. The largest absolute Gasteiger partial charge is 0.497 e. The smallest absolute Gasteiger partial charge is 0.120 e. The third kappa shape index (κ3) is 8.82. The molecule has 0 fully saturated rings. The molecule has 11 heavy (non-hydrogen) atoms. The Labute approximate surface area is 69.0 Å². The van der Waals surface area contributed by atoms with Gasteiger partial charge in [0.2, 0.25) is 0 Å². The highest BCUT2D eigenvalue weighted by Gasteiger charge is 1.85. The lowest BCUT2D eigenvalue weighted by Crippen LogP contribution is -1.92. The molecule has 0 bridgehead atoms. The van der Waals surface area contributed by atoms with Gasteiger partial charge in [-0.1, -0.05) is 27.0 Å². The van der Waals surface area contributed by atoms with Crippen LogP contribution in [0.3, 0.4) is 0 Å². The first-order chi connectivity index (χ1) is 5.20. The Balaban J connectivity index is 0. The number of rotatable bonds is 3. The van der Waals surface area contributed by atoms with Crippen LogP contribution in [-0.2, 0) is 4.74 Å². The van der Waals surface area contributed by atoms with Gasteiger partial charge in [0.25, 0.3) is 0 Å². The fraction of sp³-hybridized carbons (Fsp3) is 0.333. The second kappa shape index (κ2) is 8.82. The molecule has 0 saturated carbocycles. The molecule has 0 saturated heterocycles. The molecule has 0 spiro atoms. The fourth-order valence-electron chi connectivity index (χ4n) is 0.384. The maximum absolute atomic E-state index is 5.25. The summed E-state index contributed by atoms with van der Waals surface area (Å²) in [7, 11) is 1.55. The average Bonchev–Trinajstić information content (AvgIpc) is 2.03. The van der Waals surface area contributed by atoms with Crippen LogP contribution in [0.1, 0.15) is 13.8 Å². The normalized spacial score (nSPS) is 9.18. The number of hydrogen-bond acceptors (Lipinski definition) is 2. The Hall–Kier alpha value is -1.18. The predicted molar refractivity (Wildman–Crippen MR) is 50.0 cm³/mol. The van der Waals surface area contributed by atoms with Crippen LogP contribution in [0.15, 0.2) is 36.8 Å². The Morgan fingerprint density at radius 3 is 2.00 bits per heavy atom. The zero-order valence-corrected chi connectivity index (χ0v) is 7.55. The van der Waals surface area contributed by atoms with Crippen molar-refractivity contribution >= 4 is 0 Å². The van der Waals surface area contributed by atoms with Gasteiger partial charge < -0.3 is 10.5 Å². The monoisotopic (exact) mass is 155 g/mol. The molecular formula is C9H17NO. The highest BCUT2D eigenvalue weighted by Crippen LogP contribution is 1.97. The third-order valence-electron chi connectivity index (χ3n) is 0.765. The molecule has 2 N–H and O–H groups in total. The van der Waals surface area contributed by atoms with Gasteiger partial charge in [-0.15, -0.1) is 0 Å². The van der Waals surface area contributed by atoms with E-state index in [1.54, 1.807) is 19.3 Å². The molecule has 2 heteroatoms. The maximum atomic E-state index is 5.25. The van der Waals surface area contributed by atoms with E-state index in [1.807, 2.05) is 13.8 Å². The number of methoxy groups -OCH3 is 1. The van der Waals surface area contributed by atoms with Crippen molar-refractivity contribution in [1.29, 1.82) is 0 Å². The highest BCUT2D eigenvalue weighted by atomic mass is 16.5. The van der Waals surface area contributed by atoms with Crippen LogP contribution in [0, 0.1) is 0 Å². The second-order valence-electron chi connectivity index (χ2n) is 1.53. The van der Waals surface area contributed by atoms with Crippen LogP contribution in [0.4, 0.5) is 0 Å². The lowest BCUT2D eigenvalue weighted by atomic mass is 10.4. The minimum Gasteiger partial charge on any atom is -0.497 e. The minimum absolute atomic E-state index is 0.465. The summed E-state index contributed by atoms with van der Waals surface area (Å²) in [6, 6.07) is 0. The molecule has 0 aliphatic heterocycles. The van der Waals surface area contributed by atoms with Crippen LogP contribution < -0.4 is 5.73 Å². The van der Waals surface area contributed by atoms with Crippen molar-refractivity contribution in [3.8, 4) is 0 Å². The van der Waals surface area contributed by atoms with Crippen molar-refractivity contribution in [3.05, 3.63) is 36.8 Å². The molecule has 0 radical (unpaired) electrons. The van der Waals surface area contributed by atoms with Gasteiger partial charge in [-0.2, -0.15) is 0 Å². The first-order valence-electron chi connectivity index (χ1n) is 3.53. The van der Waals surface area contributed by atoms with E-state index in [9.17, 15) is 0 Å². The maximum Gasteiger partial charge on any atom is 0.120 e. The predicted octanol–water partition coefficient (Wildman–Crippen LogP) is 2.20. The quantitative estimate of drug-likeness (QED) is 0.501. The third-order valence-corrected chi connectivity index (χ3v) is 0.765. The van der Waals surface area contributed by atoms with Crippen LogP contribution in [0.25, 0.3) is 0 Å². The molecule has 0 atom stereocenters. The van der Waals surface area contributed by atoms with Gasteiger partial charge >= 0.3 is 0 Å². The summed E-state index contributed by atoms with van der Waals surface area (Å²) in [5, 5.41) is 0. The lowest BCUT2D eigenvalue weighted by Gasteiger charge is -1.97. The van der Waals surface area contributed by atoms with Crippen molar-refractivity contribution in [2.24, 2.45) is 5.73 Å². The first-order valence-corrected chi connectivity index (χ1v) is 3.53. The van der Waals surface area contributed by atoms with Gasteiger partial charge in [0.05, 0.1) is 7.11 Å². The SMILES string of the molecule is C=C/C(=C\C(=C)N)OC.CC. The number of ether oxygens (including phenoxy) is 1. The zero-order valence-electron chi connectivity index (χ0n) is 7.55. The summed E-state index contributed by atoms with van der Waals surface area (Å²) in [5.74, 6) is 0.627. The Bertz CT molecular complexity index is 148. The second-order valence-corrected chi connectivity index (χ2v) is 1.53. The zero-order chi connectivity index (χ0) is 9.28. The summed E-state index contributed by atoms with van der Waals surface area (Å²) >= 11 is 0. The van der Waals surface area contributed by atoms with Gasteiger partial charge in [-0.3, -0.25) is 0 Å². The molecule has 2 nitrogen and oxygen atoms in total. The average molecular weight is 155 g/mol. The van der Waals surface area contributed by atoms with Crippen molar-refractivity contribution < 1.29 is 4.74 Å². The van der Waals surface area contributed by atoms with E-state index in [0.717, 1.165) is 0 Å². The van der Waals surface area contributed by atoms with Crippen molar-refractivity contribution in [2.75, 3.05) is 7.11 Å². The van der Waals surface area contributed by atoms with E-state index >= 15 is 0 Å². The van der Waals surface area contributed by atoms with Gasteiger partial charge in [-0.05, 0) is 6.08 Å². The summed E-state index contributed by atoms with van der Waals surface area (Å²) in [4.78, 5) is 0. The molecule has 0 aromatic carbocycles. The molecule has 0 aliphatic rings. The topological polar surface area (TPSA) is 35.2 Å². The molecule has 0 unspecified atom stereocenters. The van der Waals surface area contributed by atoms with E-state index in [-0.39, 0.29) is 0 Å². The summed E-state index contributed by atoms with van der Waals surface area (Å²) in [6.45, 7) is 11.0. The Morgan fingerprint density at radius 1 is 1.45 bits per heavy atom. The van der Waals surface area contributed by atoms with Gasteiger partial charge in [0.1, 0.15) is 5.76 Å². The fourth-order valence-corrected chi connectivity index (χ4v) is 0.384. The van der Waals surface area contributed by atoms with E-state index < -0.39 is 0 Å². The number of nitrogens with two attached hydrogens (primary N) is 1. The van der Waals surface area contributed by atoms with Crippen molar-refractivity contribution in [2.45, 2.75) is 13.8 Å². The lowest BCUT2D eigenvalue weighted by molar-refractivity contribution is 0.307. The van der Waals surface area contributed by atoms with E-state index in [4.69, 9.17) is 10.5 Å². The highest BCUT2D eigenvalue weighted by molar-refractivity contribution is 5.20. The number of hydrogen-bond donors (Lipinski definition) is 1. The van der Waals surface area contributed by atoms with Crippen LogP contribution in [0.2, 0.25) is 0 Å². The minimum atomic E-state index is 0.465.